The van der Waals surface area contributed by atoms with Crippen molar-refractivity contribution < 1.29 is 0 Å². The van der Waals surface area contributed by atoms with Crippen molar-refractivity contribution >= 4 is 17.2 Å². The predicted octanol–water partition coefficient (Wildman–Crippen LogP) is 2.36. The number of nitrogen functional groups attached to an aromatic ring is 1. The molecular weight excluding hydrogens is 264 g/mol. The third-order valence-electron chi connectivity index (χ3n) is 3.02. The molecule has 6 nitrogen and oxygen atoms in total. The molecule has 2 heterocycles. The molecular formula is C15H16N6. The van der Waals surface area contributed by atoms with Crippen molar-refractivity contribution in [2.75, 3.05) is 10.7 Å². The van der Waals surface area contributed by atoms with Gasteiger partial charge in [0.2, 0.25) is 0 Å². The number of nitrogens with zero attached hydrogens (tertiary/aromatic N) is 3. The lowest BCUT2D eigenvalue weighted by atomic mass is 10.2. The van der Waals surface area contributed by atoms with Crippen LogP contribution in [0.25, 0.3) is 0 Å². The number of hydrazine groups is 1. The van der Waals surface area contributed by atoms with E-state index in [-0.39, 0.29) is 0 Å². The molecule has 0 atom stereocenters. The standard InChI is InChI=1S/C15H16N6/c16-20-15-8-13(6-7-17-15)19-14-9-18-21(11-14)10-12-4-2-1-3-5-12/h1-9,11H,10,16H2,(H2,17,19,20). The van der Waals surface area contributed by atoms with Crippen molar-refractivity contribution in [3.8, 4) is 0 Å². The Morgan fingerprint density at radius 1 is 1.10 bits per heavy atom. The van der Waals surface area contributed by atoms with E-state index in [9.17, 15) is 0 Å². The number of rotatable bonds is 5. The van der Waals surface area contributed by atoms with E-state index in [4.69, 9.17) is 5.84 Å². The van der Waals surface area contributed by atoms with Crippen LogP contribution >= 0.6 is 0 Å². The average molecular weight is 280 g/mol. The highest BCUT2D eigenvalue weighted by molar-refractivity contribution is 5.61. The van der Waals surface area contributed by atoms with Crippen molar-refractivity contribution in [2.45, 2.75) is 6.54 Å². The Morgan fingerprint density at radius 2 is 1.95 bits per heavy atom. The summed E-state index contributed by atoms with van der Waals surface area (Å²) < 4.78 is 1.89. The molecule has 0 spiro atoms. The Morgan fingerprint density at radius 3 is 2.76 bits per heavy atom. The van der Waals surface area contributed by atoms with Gasteiger partial charge >= 0.3 is 0 Å². The van der Waals surface area contributed by atoms with Gasteiger partial charge in [0, 0.05) is 24.1 Å². The third-order valence-corrected chi connectivity index (χ3v) is 3.02. The molecule has 0 unspecified atom stereocenters. The number of nitrogens with two attached hydrogens (primary N) is 1. The quantitative estimate of drug-likeness (QED) is 0.494. The van der Waals surface area contributed by atoms with Crippen LogP contribution in [0.15, 0.2) is 61.1 Å². The van der Waals surface area contributed by atoms with E-state index in [1.165, 1.54) is 5.56 Å². The lowest BCUT2D eigenvalue weighted by Crippen LogP contribution is -2.08. The smallest absolute Gasteiger partial charge is 0.141 e. The molecule has 3 aromatic rings. The van der Waals surface area contributed by atoms with Gasteiger partial charge in [-0.3, -0.25) is 4.68 Å². The molecule has 0 bridgehead atoms. The van der Waals surface area contributed by atoms with Crippen LogP contribution in [0.2, 0.25) is 0 Å². The third kappa shape index (κ3) is 3.37. The highest BCUT2D eigenvalue weighted by Crippen LogP contribution is 2.17. The van der Waals surface area contributed by atoms with Crippen LogP contribution in [0.1, 0.15) is 5.56 Å². The van der Waals surface area contributed by atoms with Gasteiger partial charge in [-0.15, -0.1) is 0 Å². The van der Waals surface area contributed by atoms with E-state index >= 15 is 0 Å². The van der Waals surface area contributed by atoms with E-state index in [2.05, 4.69) is 33.0 Å². The molecule has 1 aromatic carbocycles. The highest BCUT2D eigenvalue weighted by Gasteiger charge is 2.01. The lowest BCUT2D eigenvalue weighted by Gasteiger charge is -2.05. The van der Waals surface area contributed by atoms with Crippen molar-refractivity contribution in [1.29, 1.82) is 0 Å². The van der Waals surface area contributed by atoms with Crippen molar-refractivity contribution in [1.82, 2.24) is 14.8 Å². The van der Waals surface area contributed by atoms with E-state index in [1.807, 2.05) is 41.2 Å². The zero-order valence-electron chi connectivity index (χ0n) is 11.4. The summed E-state index contributed by atoms with van der Waals surface area (Å²) in [6.07, 6.45) is 5.44. The topological polar surface area (TPSA) is 80.8 Å². The van der Waals surface area contributed by atoms with Gasteiger partial charge in [-0.05, 0) is 11.6 Å². The molecule has 106 valence electrons. The first-order valence-electron chi connectivity index (χ1n) is 6.59. The van der Waals surface area contributed by atoms with Gasteiger partial charge < -0.3 is 10.7 Å². The molecule has 0 saturated carbocycles. The summed E-state index contributed by atoms with van der Waals surface area (Å²) in [5, 5.41) is 7.61. The van der Waals surface area contributed by atoms with Crippen LogP contribution in [0, 0.1) is 0 Å². The molecule has 6 heteroatoms. The monoisotopic (exact) mass is 280 g/mol. The van der Waals surface area contributed by atoms with Crippen LogP contribution in [0.4, 0.5) is 17.2 Å². The van der Waals surface area contributed by atoms with Crippen molar-refractivity contribution in [3.05, 3.63) is 66.6 Å². The molecule has 4 N–H and O–H groups in total. The number of pyridine rings is 1. The molecule has 0 amide bonds. The molecule has 0 aliphatic carbocycles. The molecule has 0 aliphatic rings. The number of hydrogen-bond acceptors (Lipinski definition) is 5. The van der Waals surface area contributed by atoms with E-state index < -0.39 is 0 Å². The Labute approximate surface area is 122 Å². The SMILES string of the molecule is NNc1cc(Nc2cnn(Cc3ccccc3)c2)ccn1. The maximum Gasteiger partial charge on any atom is 0.141 e. The van der Waals surface area contributed by atoms with Gasteiger partial charge in [0.05, 0.1) is 18.4 Å². The Balaban J connectivity index is 1.70. The second-order valence-electron chi connectivity index (χ2n) is 4.61. The first kappa shape index (κ1) is 13.1. The zero-order valence-corrected chi connectivity index (χ0v) is 11.4. The molecule has 21 heavy (non-hydrogen) atoms. The number of nitrogens with one attached hydrogen (secondary N) is 2. The normalized spacial score (nSPS) is 10.3. The van der Waals surface area contributed by atoms with E-state index in [0.717, 1.165) is 17.9 Å². The minimum atomic E-state index is 0.608. The van der Waals surface area contributed by atoms with Crippen LogP contribution in [0.3, 0.4) is 0 Å². The summed E-state index contributed by atoms with van der Waals surface area (Å²) in [5.74, 6) is 5.95. The summed E-state index contributed by atoms with van der Waals surface area (Å²) in [6.45, 7) is 0.745. The highest BCUT2D eigenvalue weighted by atomic mass is 15.3. The van der Waals surface area contributed by atoms with Crippen LogP contribution in [-0.4, -0.2) is 14.8 Å². The maximum atomic E-state index is 5.35. The van der Waals surface area contributed by atoms with Crippen LogP contribution in [-0.2, 0) is 6.54 Å². The first-order valence-corrected chi connectivity index (χ1v) is 6.59. The van der Waals surface area contributed by atoms with Crippen molar-refractivity contribution in [2.24, 2.45) is 5.84 Å². The number of benzene rings is 1. The molecule has 0 aliphatic heterocycles. The summed E-state index contributed by atoms with van der Waals surface area (Å²) in [4.78, 5) is 4.06. The molecule has 0 radical (unpaired) electrons. The Hall–Kier alpha value is -2.86. The van der Waals surface area contributed by atoms with Gasteiger partial charge in [-0.25, -0.2) is 10.8 Å². The molecule has 0 fully saturated rings. The second-order valence-corrected chi connectivity index (χ2v) is 4.61. The van der Waals surface area contributed by atoms with Crippen LogP contribution < -0.4 is 16.6 Å². The summed E-state index contributed by atoms with van der Waals surface area (Å²) in [7, 11) is 0. The van der Waals surface area contributed by atoms with Gasteiger partial charge in [0.25, 0.3) is 0 Å². The largest absolute Gasteiger partial charge is 0.353 e. The van der Waals surface area contributed by atoms with E-state index in [1.54, 1.807) is 12.4 Å². The van der Waals surface area contributed by atoms with E-state index in [0.29, 0.717) is 5.82 Å². The maximum absolute atomic E-state index is 5.35. The van der Waals surface area contributed by atoms with Crippen LogP contribution in [0.5, 0.6) is 0 Å². The number of aromatic nitrogens is 3. The van der Waals surface area contributed by atoms with Gasteiger partial charge in [-0.1, -0.05) is 30.3 Å². The minimum absolute atomic E-state index is 0.608. The van der Waals surface area contributed by atoms with Crippen molar-refractivity contribution in [3.63, 3.8) is 0 Å². The summed E-state index contributed by atoms with van der Waals surface area (Å²) in [5.41, 5.74) is 5.55. The first-order chi connectivity index (χ1) is 10.3. The second kappa shape index (κ2) is 6.06. The Kier molecular flexibility index (Phi) is 3.79. The lowest BCUT2D eigenvalue weighted by molar-refractivity contribution is 0.687. The van der Waals surface area contributed by atoms with Gasteiger partial charge in [0.15, 0.2) is 0 Å². The molecule has 3 rings (SSSR count). The molecule has 2 aromatic heterocycles. The fourth-order valence-corrected chi connectivity index (χ4v) is 2.04. The minimum Gasteiger partial charge on any atom is -0.353 e. The Bertz CT molecular complexity index is 707. The summed E-state index contributed by atoms with van der Waals surface area (Å²) >= 11 is 0. The zero-order chi connectivity index (χ0) is 14.5. The summed E-state index contributed by atoms with van der Waals surface area (Å²) in [6, 6.07) is 13.9. The fraction of sp³-hybridized carbons (Fsp3) is 0.0667. The van der Waals surface area contributed by atoms with Gasteiger partial charge in [0.1, 0.15) is 5.82 Å². The predicted molar refractivity (Wildman–Crippen MR) is 83.1 cm³/mol. The average Bonchev–Trinajstić information content (AvgIpc) is 2.95. The number of anilines is 3. The number of hydrogen-bond donors (Lipinski definition) is 3. The molecule has 0 saturated heterocycles. The fourth-order valence-electron chi connectivity index (χ4n) is 2.04. The van der Waals surface area contributed by atoms with Gasteiger partial charge in [-0.2, -0.15) is 5.10 Å².